The summed E-state index contributed by atoms with van der Waals surface area (Å²) in [5, 5.41) is 9.33. The second kappa shape index (κ2) is 6.31. The highest BCUT2D eigenvalue weighted by Crippen LogP contribution is 2.39. The van der Waals surface area contributed by atoms with Crippen LogP contribution >= 0.6 is 0 Å². The molecule has 0 spiro atoms. The first kappa shape index (κ1) is 17.1. The van der Waals surface area contributed by atoms with Crippen molar-refractivity contribution < 1.29 is 22.0 Å². The van der Waals surface area contributed by atoms with Gasteiger partial charge < -0.3 is 5.73 Å². The lowest BCUT2D eigenvalue weighted by molar-refractivity contribution is 0.381. The molecule has 0 radical (unpaired) electrons. The molecule has 25 heavy (non-hydrogen) atoms. The number of anilines is 1. The highest BCUT2D eigenvalue weighted by molar-refractivity contribution is 5.80. The summed E-state index contributed by atoms with van der Waals surface area (Å²) < 4.78 is 69.3. The Bertz CT molecular complexity index is 889. The molecule has 0 saturated heterocycles. The zero-order chi connectivity index (χ0) is 18.3. The van der Waals surface area contributed by atoms with Crippen LogP contribution in [0.2, 0.25) is 0 Å². The number of hydrogen-bond donors (Lipinski definition) is 1. The predicted molar refractivity (Wildman–Crippen MR) is 79.8 cm³/mol. The van der Waals surface area contributed by atoms with E-state index in [0.717, 1.165) is 12.8 Å². The van der Waals surface area contributed by atoms with Gasteiger partial charge in [0.25, 0.3) is 0 Å². The molecule has 8 heteroatoms. The van der Waals surface area contributed by atoms with Crippen LogP contribution in [0.15, 0.2) is 0 Å². The zero-order valence-corrected chi connectivity index (χ0v) is 12.9. The number of nitrogens with zero attached hydrogens (tertiary/aromatic N) is 2. The van der Waals surface area contributed by atoms with Gasteiger partial charge in [-0.1, -0.05) is 6.42 Å². The highest BCUT2D eigenvalue weighted by Gasteiger charge is 2.31. The minimum atomic E-state index is -2.25. The molecule has 1 heterocycles. The first-order chi connectivity index (χ1) is 11.9. The predicted octanol–water partition coefficient (Wildman–Crippen LogP) is 4.17. The van der Waals surface area contributed by atoms with Crippen molar-refractivity contribution in [2.45, 2.75) is 32.1 Å². The van der Waals surface area contributed by atoms with Gasteiger partial charge in [-0.3, -0.25) is 0 Å². The molecule has 1 aromatic carbocycles. The molecule has 0 aliphatic heterocycles. The van der Waals surface area contributed by atoms with Crippen LogP contribution in [0.3, 0.4) is 0 Å². The summed E-state index contributed by atoms with van der Waals surface area (Å²) in [7, 11) is 0. The number of nitrogens with two attached hydrogens (primary N) is 1. The minimum Gasteiger partial charge on any atom is -0.383 e. The van der Waals surface area contributed by atoms with Crippen molar-refractivity contribution in [2.75, 3.05) is 5.73 Å². The van der Waals surface area contributed by atoms with Crippen molar-refractivity contribution in [1.82, 2.24) is 4.98 Å². The molecule has 1 aromatic heterocycles. The molecular weight excluding hydrogens is 341 g/mol. The van der Waals surface area contributed by atoms with Gasteiger partial charge in [0.2, 0.25) is 5.82 Å². The monoisotopic (exact) mass is 353 g/mol. The van der Waals surface area contributed by atoms with Gasteiger partial charge in [0, 0.05) is 11.3 Å². The first-order valence-electron chi connectivity index (χ1n) is 7.61. The van der Waals surface area contributed by atoms with E-state index in [0.29, 0.717) is 30.5 Å². The molecule has 2 N–H and O–H groups in total. The Labute approximate surface area is 139 Å². The molecule has 0 saturated carbocycles. The van der Waals surface area contributed by atoms with Crippen LogP contribution in [0.25, 0.3) is 11.1 Å². The number of nitriles is 1. The zero-order valence-electron chi connectivity index (χ0n) is 12.9. The quantitative estimate of drug-likeness (QED) is 0.362. The van der Waals surface area contributed by atoms with Gasteiger partial charge in [-0.05, 0) is 31.2 Å². The van der Waals surface area contributed by atoms with E-state index < -0.39 is 34.6 Å². The van der Waals surface area contributed by atoms with Gasteiger partial charge in [-0.15, -0.1) is 0 Å². The van der Waals surface area contributed by atoms with E-state index >= 15 is 0 Å². The van der Waals surface area contributed by atoms with Gasteiger partial charge in [0.1, 0.15) is 17.5 Å². The Hall–Kier alpha value is -2.69. The van der Waals surface area contributed by atoms with Gasteiger partial charge in [0.15, 0.2) is 23.3 Å². The smallest absolute Gasteiger partial charge is 0.200 e. The van der Waals surface area contributed by atoms with E-state index in [2.05, 4.69) is 4.98 Å². The van der Waals surface area contributed by atoms with E-state index in [9.17, 15) is 27.2 Å². The third-order valence-electron chi connectivity index (χ3n) is 4.32. The maximum Gasteiger partial charge on any atom is 0.200 e. The summed E-state index contributed by atoms with van der Waals surface area (Å²) in [6, 6.07) is 1.68. The van der Waals surface area contributed by atoms with Crippen LogP contribution in [-0.2, 0) is 12.8 Å². The Balaban J connectivity index is 2.47. The fraction of sp³-hybridized carbons (Fsp3) is 0.294. The van der Waals surface area contributed by atoms with Crippen molar-refractivity contribution in [1.29, 1.82) is 5.26 Å². The molecule has 0 bridgehead atoms. The number of halogens is 5. The molecule has 3 rings (SSSR count). The van der Waals surface area contributed by atoms with Crippen molar-refractivity contribution in [3.63, 3.8) is 0 Å². The number of nitrogen functional groups attached to an aromatic ring is 1. The average Bonchev–Trinajstić information content (AvgIpc) is 2.83. The lowest BCUT2D eigenvalue weighted by Gasteiger charge is -2.17. The van der Waals surface area contributed by atoms with Gasteiger partial charge in [-0.2, -0.15) is 5.26 Å². The summed E-state index contributed by atoms with van der Waals surface area (Å²) in [5.41, 5.74) is 4.59. The lowest BCUT2D eigenvalue weighted by Crippen LogP contribution is -2.11. The van der Waals surface area contributed by atoms with Gasteiger partial charge in [0.05, 0.1) is 5.56 Å². The van der Waals surface area contributed by atoms with Crippen molar-refractivity contribution in [2.24, 2.45) is 0 Å². The second-order valence-electron chi connectivity index (χ2n) is 5.79. The number of benzene rings is 1. The number of aromatic nitrogens is 1. The van der Waals surface area contributed by atoms with Crippen molar-refractivity contribution in [3.05, 3.63) is 45.9 Å². The standard InChI is InChI=1S/C17H12F5N3/c18-12-11(13(19)15(21)16(22)14(12)20)10-7-4-2-1-3-5-9(7)25-17(24)8(10)6-23/h1-5H2,(H2,24,25). The second-order valence-corrected chi connectivity index (χ2v) is 5.79. The fourth-order valence-corrected chi connectivity index (χ4v) is 3.15. The third-order valence-corrected chi connectivity index (χ3v) is 4.32. The molecule has 130 valence electrons. The first-order valence-corrected chi connectivity index (χ1v) is 7.61. The SMILES string of the molecule is N#Cc1c(N)nc2c(c1-c1c(F)c(F)c(F)c(F)c1F)CCCCC2. The normalized spacial score (nSPS) is 13.9. The Morgan fingerprint density at radius 2 is 1.36 bits per heavy atom. The number of rotatable bonds is 1. The Kier molecular flexibility index (Phi) is 4.33. The maximum absolute atomic E-state index is 14.3. The summed E-state index contributed by atoms with van der Waals surface area (Å²) >= 11 is 0. The summed E-state index contributed by atoms with van der Waals surface area (Å²) in [5.74, 6) is -10.6. The van der Waals surface area contributed by atoms with Gasteiger partial charge >= 0.3 is 0 Å². The maximum atomic E-state index is 14.3. The van der Waals surface area contributed by atoms with Crippen LogP contribution in [0.1, 0.15) is 36.1 Å². The molecular formula is C17H12F5N3. The minimum absolute atomic E-state index is 0.290. The van der Waals surface area contributed by atoms with Crippen LogP contribution in [0.4, 0.5) is 27.8 Å². The summed E-state index contributed by atoms with van der Waals surface area (Å²) in [6.07, 6.45) is 2.97. The number of pyridine rings is 1. The number of aryl methyl sites for hydroxylation is 1. The average molecular weight is 353 g/mol. The van der Waals surface area contributed by atoms with Crippen molar-refractivity contribution in [3.8, 4) is 17.2 Å². The molecule has 0 atom stereocenters. The Morgan fingerprint density at radius 3 is 1.96 bits per heavy atom. The van der Waals surface area contributed by atoms with Gasteiger partial charge in [-0.25, -0.2) is 26.9 Å². The number of hydrogen-bond acceptors (Lipinski definition) is 3. The molecule has 0 unspecified atom stereocenters. The van der Waals surface area contributed by atoms with Crippen LogP contribution < -0.4 is 5.73 Å². The largest absolute Gasteiger partial charge is 0.383 e. The van der Waals surface area contributed by atoms with Crippen LogP contribution in [-0.4, -0.2) is 4.98 Å². The summed E-state index contributed by atoms with van der Waals surface area (Å²) in [4.78, 5) is 4.10. The topological polar surface area (TPSA) is 62.7 Å². The third kappa shape index (κ3) is 2.60. The van der Waals surface area contributed by atoms with E-state index in [1.807, 2.05) is 0 Å². The number of fused-ring (bicyclic) bond motifs is 1. The van der Waals surface area contributed by atoms with E-state index in [4.69, 9.17) is 5.73 Å². The highest BCUT2D eigenvalue weighted by atomic mass is 19.2. The molecule has 1 aliphatic rings. The molecule has 1 aliphatic carbocycles. The fourth-order valence-electron chi connectivity index (χ4n) is 3.15. The summed E-state index contributed by atoms with van der Waals surface area (Å²) in [6.45, 7) is 0. The van der Waals surface area contributed by atoms with E-state index in [1.165, 1.54) is 0 Å². The van der Waals surface area contributed by atoms with Crippen LogP contribution in [0, 0.1) is 40.4 Å². The molecule has 0 amide bonds. The van der Waals surface area contributed by atoms with Crippen LogP contribution in [0.5, 0.6) is 0 Å². The Morgan fingerprint density at radius 1 is 0.800 bits per heavy atom. The van der Waals surface area contributed by atoms with E-state index in [1.54, 1.807) is 6.07 Å². The van der Waals surface area contributed by atoms with Crippen molar-refractivity contribution >= 4 is 5.82 Å². The van der Waals surface area contributed by atoms with E-state index in [-0.39, 0.29) is 16.9 Å². The molecule has 3 nitrogen and oxygen atoms in total. The molecule has 0 fully saturated rings. The molecule has 2 aromatic rings. The lowest BCUT2D eigenvalue weighted by atomic mass is 9.90.